The normalized spacial score (nSPS) is 10.1. The van der Waals surface area contributed by atoms with Crippen LogP contribution in [0.1, 0.15) is 5.82 Å². The molecule has 0 unspecified atom stereocenters. The number of nitrogens with zero attached hydrogens (tertiary/aromatic N) is 2. The zero-order valence-corrected chi connectivity index (χ0v) is 8.52. The maximum absolute atomic E-state index is 13.2. The minimum Gasteiger partial charge on any atom is -0.396 e. The Morgan fingerprint density at radius 2 is 1.88 bits per heavy atom. The summed E-state index contributed by atoms with van der Waals surface area (Å²) in [5, 5.41) is 2.91. The molecule has 2 rings (SSSR count). The topological polar surface area (TPSA) is 63.8 Å². The monoisotopic (exact) mass is 218 g/mol. The number of halogens is 1. The van der Waals surface area contributed by atoms with Crippen molar-refractivity contribution < 1.29 is 4.39 Å². The third kappa shape index (κ3) is 2.44. The second-order valence-corrected chi connectivity index (χ2v) is 3.27. The number of para-hydroxylation sites is 1. The van der Waals surface area contributed by atoms with E-state index < -0.39 is 0 Å². The second-order valence-electron chi connectivity index (χ2n) is 3.27. The molecule has 0 saturated heterocycles. The summed E-state index contributed by atoms with van der Waals surface area (Å²) >= 11 is 0. The Balaban J connectivity index is 2.02. The number of nitrogens with one attached hydrogen (secondary N) is 1. The highest BCUT2D eigenvalue weighted by molar-refractivity contribution is 5.44. The Labute approximate surface area is 92.3 Å². The van der Waals surface area contributed by atoms with E-state index in [4.69, 9.17) is 5.73 Å². The van der Waals surface area contributed by atoms with Gasteiger partial charge in [-0.3, -0.25) is 0 Å². The fourth-order valence-corrected chi connectivity index (χ4v) is 1.23. The van der Waals surface area contributed by atoms with Gasteiger partial charge >= 0.3 is 0 Å². The number of rotatable bonds is 3. The van der Waals surface area contributed by atoms with E-state index in [1.54, 1.807) is 18.2 Å². The van der Waals surface area contributed by atoms with E-state index in [-0.39, 0.29) is 5.82 Å². The van der Waals surface area contributed by atoms with Crippen LogP contribution in [-0.2, 0) is 6.54 Å². The predicted octanol–water partition coefficient (Wildman–Crippen LogP) is 1.81. The van der Waals surface area contributed by atoms with Gasteiger partial charge in [0.15, 0.2) is 0 Å². The number of nitrogens with two attached hydrogens (primary N) is 1. The molecule has 1 aromatic carbocycles. The molecule has 5 heteroatoms. The molecule has 0 amide bonds. The van der Waals surface area contributed by atoms with Crippen LogP contribution in [-0.4, -0.2) is 9.97 Å². The molecule has 0 aliphatic heterocycles. The van der Waals surface area contributed by atoms with Gasteiger partial charge in [0.2, 0.25) is 0 Å². The summed E-state index contributed by atoms with van der Waals surface area (Å²) in [6, 6.07) is 6.45. The van der Waals surface area contributed by atoms with E-state index >= 15 is 0 Å². The molecular formula is C11H11FN4. The molecule has 0 aliphatic carbocycles. The van der Waals surface area contributed by atoms with Gasteiger partial charge in [-0.2, -0.15) is 0 Å². The number of nitrogen functional groups attached to an aromatic ring is 1. The number of anilines is 2. The quantitative estimate of drug-likeness (QED) is 0.824. The van der Waals surface area contributed by atoms with E-state index in [0.717, 1.165) is 0 Å². The molecule has 0 fully saturated rings. The van der Waals surface area contributed by atoms with Crippen molar-refractivity contribution in [2.45, 2.75) is 6.54 Å². The lowest BCUT2D eigenvalue weighted by molar-refractivity contribution is 0.630. The highest BCUT2D eigenvalue weighted by Crippen LogP contribution is 2.12. The molecule has 16 heavy (non-hydrogen) atoms. The SMILES string of the molecule is Nc1cnc(CNc2ccccc2F)nc1. The predicted molar refractivity (Wildman–Crippen MR) is 60.2 cm³/mol. The fraction of sp³-hybridized carbons (Fsp3) is 0.0909. The van der Waals surface area contributed by atoms with E-state index in [1.807, 2.05) is 0 Å². The molecule has 0 saturated carbocycles. The third-order valence-electron chi connectivity index (χ3n) is 2.04. The van der Waals surface area contributed by atoms with Crippen molar-refractivity contribution in [3.05, 3.63) is 48.3 Å². The van der Waals surface area contributed by atoms with E-state index in [2.05, 4.69) is 15.3 Å². The Morgan fingerprint density at radius 3 is 2.56 bits per heavy atom. The lowest BCUT2D eigenvalue weighted by Gasteiger charge is -2.05. The first-order valence-electron chi connectivity index (χ1n) is 4.80. The minimum atomic E-state index is -0.294. The summed E-state index contributed by atoms with van der Waals surface area (Å²) in [6.07, 6.45) is 3.04. The van der Waals surface area contributed by atoms with Crippen LogP contribution in [0.15, 0.2) is 36.7 Å². The van der Waals surface area contributed by atoms with Crippen LogP contribution < -0.4 is 11.1 Å². The van der Waals surface area contributed by atoms with Gasteiger partial charge in [0.25, 0.3) is 0 Å². The Morgan fingerprint density at radius 1 is 1.19 bits per heavy atom. The minimum absolute atomic E-state index is 0.294. The van der Waals surface area contributed by atoms with Crippen LogP contribution in [0.5, 0.6) is 0 Å². The van der Waals surface area contributed by atoms with Crippen LogP contribution in [0.3, 0.4) is 0 Å². The van der Waals surface area contributed by atoms with Crippen molar-refractivity contribution >= 4 is 11.4 Å². The van der Waals surface area contributed by atoms with Crippen molar-refractivity contribution in [1.29, 1.82) is 0 Å². The summed E-state index contributed by atoms with van der Waals surface area (Å²) in [5.41, 5.74) is 6.39. The Bertz CT molecular complexity index is 470. The van der Waals surface area contributed by atoms with Gasteiger partial charge in [0.1, 0.15) is 11.6 Å². The number of hydrogen-bond donors (Lipinski definition) is 2. The first-order valence-corrected chi connectivity index (χ1v) is 4.80. The average molecular weight is 218 g/mol. The molecule has 3 N–H and O–H groups in total. The maximum atomic E-state index is 13.2. The summed E-state index contributed by atoms with van der Waals surface area (Å²) in [6.45, 7) is 0.362. The summed E-state index contributed by atoms with van der Waals surface area (Å²) in [5.74, 6) is 0.274. The van der Waals surface area contributed by atoms with Crippen LogP contribution in [0, 0.1) is 5.82 Å². The summed E-state index contributed by atoms with van der Waals surface area (Å²) in [7, 11) is 0. The molecule has 0 aliphatic rings. The van der Waals surface area contributed by atoms with Gasteiger partial charge in [0.05, 0.1) is 30.3 Å². The summed E-state index contributed by atoms with van der Waals surface area (Å²) < 4.78 is 13.2. The van der Waals surface area contributed by atoms with E-state index in [0.29, 0.717) is 23.7 Å². The average Bonchev–Trinajstić information content (AvgIpc) is 2.30. The number of aromatic nitrogens is 2. The van der Waals surface area contributed by atoms with Crippen molar-refractivity contribution in [2.24, 2.45) is 0 Å². The molecule has 0 bridgehead atoms. The first kappa shape index (κ1) is 10.4. The largest absolute Gasteiger partial charge is 0.396 e. The second kappa shape index (κ2) is 4.57. The maximum Gasteiger partial charge on any atom is 0.147 e. The number of benzene rings is 1. The van der Waals surface area contributed by atoms with Crippen LogP contribution in [0.2, 0.25) is 0 Å². The lowest BCUT2D eigenvalue weighted by Crippen LogP contribution is -2.05. The van der Waals surface area contributed by atoms with E-state index in [1.165, 1.54) is 18.5 Å². The van der Waals surface area contributed by atoms with Gasteiger partial charge in [-0.25, -0.2) is 14.4 Å². The van der Waals surface area contributed by atoms with Crippen molar-refractivity contribution in [1.82, 2.24) is 9.97 Å². The van der Waals surface area contributed by atoms with Crippen molar-refractivity contribution in [3.63, 3.8) is 0 Å². The molecule has 0 spiro atoms. The molecule has 0 atom stereocenters. The molecule has 1 heterocycles. The highest BCUT2D eigenvalue weighted by atomic mass is 19.1. The van der Waals surface area contributed by atoms with Crippen molar-refractivity contribution in [3.8, 4) is 0 Å². The van der Waals surface area contributed by atoms with Crippen LogP contribution in [0.25, 0.3) is 0 Å². The van der Waals surface area contributed by atoms with E-state index in [9.17, 15) is 4.39 Å². The third-order valence-corrected chi connectivity index (χ3v) is 2.04. The van der Waals surface area contributed by atoms with Crippen LogP contribution in [0.4, 0.5) is 15.8 Å². The van der Waals surface area contributed by atoms with Gasteiger partial charge in [-0.15, -0.1) is 0 Å². The van der Waals surface area contributed by atoms with Gasteiger partial charge in [0, 0.05) is 0 Å². The standard InChI is InChI=1S/C11H11FN4/c12-9-3-1-2-4-10(9)14-7-11-15-5-8(13)6-16-11/h1-6,14H,7,13H2. The zero-order valence-electron chi connectivity index (χ0n) is 8.52. The molecule has 1 aromatic heterocycles. The molecule has 4 nitrogen and oxygen atoms in total. The lowest BCUT2D eigenvalue weighted by atomic mass is 10.3. The first-order chi connectivity index (χ1) is 7.75. The smallest absolute Gasteiger partial charge is 0.147 e. The van der Waals surface area contributed by atoms with Gasteiger partial charge < -0.3 is 11.1 Å². The molecule has 0 radical (unpaired) electrons. The molecular weight excluding hydrogens is 207 g/mol. The zero-order chi connectivity index (χ0) is 11.4. The Hall–Kier alpha value is -2.17. The number of hydrogen-bond acceptors (Lipinski definition) is 4. The highest BCUT2D eigenvalue weighted by Gasteiger charge is 2.00. The fourth-order valence-electron chi connectivity index (χ4n) is 1.23. The van der Waals surface area contributed by atoms with Crippen molar-refractivity contribution in [2.75, 3.05) is 11.1 Å². The molecule has 2 aromatic rings. The van der Waals surface area contributed by atoms with Crippen LogP contribution >= 0.6 is 0 Å². The van der Waals surface area contributed by atoms with Gasteiger partial charge in [-0.1, -0.05) is 12.1 Å². The summed E-state index contributed by atoms with van der Waals surface area (Å²) in [4.78, 5) is 8.00. The molecule has 82 valence electrons. The van der Waals surface area contributed by atoms with Gasteiger partial charge in [-0.05, 0) is 12.1 Å². The Kier molecular flexibility index (Phi) is 2.95.